The van der Waals surface area contributed by atoms with E-state index in [2.05, 4.69) is 17.0 Å². The lowest BCUT2D eigenvalue weighted by Crippen LogP contribution is -2.49. The summed E-state index contributed by atoms with van der Waals surface area (Å²) in [6.45, 7) is 9.39. The Bertz CT molecular complexity index is 401. The third-order valence-corrected chi connectivity index (χ3v) is 3.16. The standard InChI is InChI=1S/C12H22N4O2/c1-5-7-16-10(13-9-14-16)8-15(6-2)12(3,4)11(17)18/h9H,5-8H2,1-4H3,(H,17,18). The van der Waals surface area contributed by atoms with Crippen molar-refractivity contribution in [2.24, 2.45) is 0 Å². The largest absolute Gasteiger partial charge is 0.480 e. The molecule has 1 aromatic heterocycles. The Labute approximate surface area is 108 Å². The Morgan fingerprint density at radius 3 is 2.67 bits per heavy atom. The van der Waals surface area contributed by atoms with Gasteiger partial charge in [-0.15, -0.1) is 0 Å². The quantitative estimate of drug-likeness (QED) is 0.795. The lowest BCUT2D eigenvalue weighted by molar-refractivity contribution is -0.149. The smallest absolute Gasteiger partial charge is 0.323 e. The maximum absolute atomic E-state index is 11.3. The van der Waals surface area contributed by atoms with Gasteiger partial charge in [0.25, 0.3) is 0 Å². The molecule has 0 atom stereocenters. The van der Waals surface area contributed by atoms with Gasteiger partial charge in [-0.25, -0.2) is 9.67 Å². The van der Waals surface area contributed by atoms with E-state index < -0.39 is 11.5 Å². The molecule has 1 N–H and O–H groups in total. The van der Waals surface area contributed by atoms with Gasteiger partial charge in [0.05, 0.1) is 6.54 Å². The van der Waals surface area contributed by atoms with Gasteiger partial charge in [-0.2, -0.15) is 5.10 Å². The Morgan fingerprint density at radius 2 is 2.17 bits per heavy atom. The van der Waals surface area contributed by atoms with Gasteiger partial charge in [0, 0.05) is 6.54 Å². The molecule has 0 amide bonds. The number of aliphatic carboxylic acids is 1. The van der Waals surface area contributed by atoms with Gasteiger partial charge in [-0.05, 0) is 26.8 Å². The number of carbonyl (C=O) groups is 1. The molecule has 6 heteroatoms. The van der Waals surface area contributed by atoms with Gasteiger partial charge in [0.1, 0.15) is 17.7 Å². The van der Waals surface area contributed by atoms with Crippen LogP contribution in [0.25, 0.3) is 0 Å². The summed E-state index contributed by atoms with van der Waals surface area (Å²) in [5.41, 5.74) is -0.905. The molecule has 18 heavy (non-hydrogen) atoms. The highest BCUT2D eigenvalue weighted by molar-refractivity contribution is 5.77. The molecule has 0 fully saturated rings. The molecular weight excluding hydrogens is 232 g/mol. The highest BCUT2D eigenvalue weighted by Crippen LogP contribution is 2.17. The van der Waals surface area contributed by atoms with Crippen molar-refractivity contribution in [1.82, 2.24) is 19.7 Å². The third-order valence-electron chi connectivity index (χ3n) is 3.16. The Balaban J connectivity index is 2.86. The van der Waals surface area contributed by atoms with Crippen LogP contribution in [-0.4, -0.2) is 42.8 Å². The van der Waals surface area contributed by atoms with E-state index >= 15 is 0 Å². The summed E-state index contributed by atoms with van der Waals surface area (Å²) in [6, 6.07) is 0. The average molecular weight is 254 g/mol. The molecule has 0 spiro atoms. The van der Waals surface area contributed by atoms with Crippen LogP contribution in [0.3, 0.4) is 0 Å². The van der Waals surface area contributed by atoms with Crippen molar-refractivity contribution in [2.75, 3.05) is 6.54 Å². The molecule has 0 aliphatic heterocycles. The first kappa shape index (κ1) is 14.6. The predicted molar refractivity (Wildman–Crippen MR) is 68.1 cm³/mol. The molecule has 0 aliphatic rings. The van der Waals surface area contributed by atoms with Gasteiger partial charge in [-0.3, -0.25) is 9.69 Å². The topological polar surface area (TPSA) is 71.2 Å². The lowest BCUT2D eigenvalue weighted by atomic mass is 10.0. The van der Waals surface area contributed by atoms with Crippen molar-refractivity contribution >= 4 is 5.97 Å². The molecule has 0 aromatic carbocycles. The molecule has 102 valence electrons. The van der Waals surface area contributed by atoms with Crippen molar-refractivity contribution in [1.29, 1.82) is 0 Å². The van der Waals surface area contributed by atoms with Crippen LogP contribution >= 0.6 is 0 Å². The second-order valence-corrected chi connectivity index (χ2v) is 4.78. The van der Waals surface area contributed by atoms with E-state index in [4.69, 9.17) is 0 Å². The Kier molecular flexibility index (Phi) is 4.84. The molecule has 6 nitrogen and oxygen atoms in total. The number of likely N-dealkylation sites (N-methyl/N-ethyl adjacent to an activating group) is 1. The summed E-state index contributed by atoms with van der Waals surface area (Å²) >= 11 is 0. The molecule has 0 saturated heterocycles. The second kappa shape index (κ2) is 5.95. The normalized spacial score (nSPS) is 12.1. The maximum atomic E-state index is 11.3. The minimum Gasteiger partial charge on any atom is -0.480 e. The van der Waals surface area contributed by atoms with Crippen LogP contribution in [0, 0.1) is 0 Å². The van der Waals surface area contributed by atoms with Crippen molar-refractivity contribution in [3.8, 4) is 0 Å². The first-order chi connectivity index (χ1) is 8.43. The van der Waals surface area contributed by atoms with E-state index in [1.165, 1.54) is 6.33 Å². The van der Waals surface area contributed by atoms with Gasteiger partial charge in [-0.1, -0.05) is 13.8 Å². The molecule has 0 aliphatic carbocycles. The van der Waals surface area contributed by atoms with Crippen molar-refractivity contribution in [3.63, 3.8) is 0 Å². The molecule has 0 bridgehead atoms. The highest BCUT2D eigenvalue weighted by atomic mass is 16.4. The minimum atomic E-state index is -0.905. The fraction of sp³-hybridized carbons (Fsp3) is 0.750. The summed E-state index contributed by atoms with van der Waals surface area (Å²) in [6.07, 6.45) is 2.50. The number of carboxylic acid groups (broad SMARTS) is 1. The number of aryl methyl sites for hydroxylation is 1. The summed E-state index contributed by atoms with van der Waals surface area (Å²) in [7, 11) is 0. The molecule has 0 radical (unpaired) electrons. The van der Waals surface area contributed by atoms with Gasteiger partial charge >= 0.3 is 5.97 Å². The molecular formula is C12H22N4O2. The number of hydrogen-bond acceptors (Lipinski definition) is 4. The van der Waals surface area contributed by atoms with Crippen LogP contribution in [-0.2, 0) is 17.9 Å². The van der Waals surface area contributed by atoms with E-state index in [0.717, 1.165) is 18.8 Å². The lowest BCUT2D eigenvalue weighted by Gasteiger charge is -2.33. The van der Waals surface area contributed by atoms with E-state index in [0.29, 0.717) is 13.1 Å². The summed E-state index contributed by atoms with van der Waals surface area (Å²) in [4.78, 5) is 17.4. The zero-order chi connectivity index (χ0) is 13.8. The molecule has 1 rings (SSSR count). The van der Waals surface area contributed by atoms with Gasteiger partial charge in [0.2, 0.25) is 0 Å². The maximum Gasteiger partial charge on any atom is 0.323 e. The Morgan fingerprint density at radius 1 is 1.50 bits per heavy atom. The number of aromatic nitrogens is 3. The monoisotopic (exact) mass is 254 g/mol. The summed E-state index contributed by atoms with van der Waals surface area (Å²) in [5.74, 6) is -0.0149. The van der Waals surface area contributed by atoms with Crippen LogP contribution in [0.4, 0.5) is 0 Å². The first-order valence-corrected chi connectivity index (χ1v) is 6.28. The summed E-state index contributed by atoms with van der Waals surface area (Å²) in [5, 5.41) is 13.4. The van der Waals surface area contributed by atoms with Crippen LogP contribution in [0.2, 0.25) is 0 Å². The van der Waals surface area contributed by atoms with E-state index in [1.54, 1.807) is 13.8 Å². The molecule has 1 aromatic rings. The van der Waals surface area contributed by atoms with E-state index in [-0.39, 0.29) is 0 Å². The van der Waals surface area contributed by atoms with Crippen molar-refractivity contribution < 1.29 is 9.90 Å². The second-order valence-electron chi connectivity index (χ2n) is 4.78. The zero-order valence-electron chi connectivity index (χ0n) is 11.6. The average Bonchev–Trinajstić information content (AvgIpc) is 2.73. The third kappa shape index (κ3) is 3.07. The van der Waals surface area contributed by atoms with Crippen LogP contribution in [0.5, 0.6) is 0 Å². The molecule has 1 heterocycles. The fourth-order valence-corrected chi connectivity index (χ4v) is 1.82. The zero-order valence-corrected chi connectivity index (χ0v) is 11.6. The van der Waals surface area contributed by atoms with E-state index in [1.807, 2.05) is 16.5 Å². The van der Waals surface area contributed by atoms with Crippen molar-refractivity contribution in [3.05, 3.63) is 12.2 Å². The fourth-order valence-electron chi connectivity index (χ4n) is 1.82. The number of nitrogens with zero attached hydrogens (tertiary/aromatic N) is 4. The van der Waals surface area contributed by atoms with Crippen molar-refractivity contribution in [2.45, 2.75) is 52.7 Å². The number of hydrogen-bond donors (Lipinski definition) is 1. The number of carboxylic acids is 1. The van der Waals surface area contributed by atoms with Gasteiger partial charge in [0.15, 0.2) is 0 Å². The summed E-state index contributed by atoms with van der Waals surface area (Å²) < 4.78 is 1.83. The SMILES string of the molecule is CCCn1ncnc1CN(CC)C(C)(C)C(=O)O. The number of rotatable bonds is 7. The molecule has 0 unspecified atom stereocenters. The minimum absolute atomic E-state index is 0.496. The predicted octanol–water partition coefficient (Wildman–Crippen LogP) is 1.37. The highest BCUT2D eigenvalue weighted by Gasteiger charge is 2.34. The molecule has 0 saturated carbocycles. The van der Waals surface area contributed by atoms with Crippen LogP contribution < -0.4 is 0 Å². The Hall–Kier alpha value is -1.43. The van der Waals surface area contributed by atoms with E-state index in [9.17, 15) is 9.90 Å². The van der Waals surface area contributed by atoms with Crippen LogP contribution in [0.15, 0.2) is 6.33 Å². The first-order valence-electron chi connectivity index (χ1n) is 6.28. The van der Waals surface area contributed by atoms with Crippen LogP contribution in [0.1, 0.15) is 39.9 Å². The van der Waals surface area contributed by atoms with Gasteiger partial charge < -0.3 is 5.11 Å².